The van der Waals surface area contributed by atoms with Gasteiger partial charge >= 0.3 is 0 Å². The summed E-state index contributed by atoms with van der Waals surface area (Å²) in [6.07, 6.45) is -0.307. The van der Waals surface area contributed by atoms with Crippen LogP contribution in [0.25, 0.3) is 66.0 Å². The molecular formula is C46H30N4O. The summed E-state index contributed by atoms with van der Waals surface area (Å²) < 4.78 is 6.71. The maximum Gasteiger partial charge on any atom is 0.159 e. The first-order chi connectivity index (χ1) is 25.3. The predicted octanol–water partition coefficient (Wildman–Crippen LogP) is 11.1. The lowest BCUT2D eigenvalue weighted by atomic mass is 9.96. The highest BCUT2D eigenvalue weighted by Gasteiger charge is 2.22. The molecule has 51 heavy (non-hydrogen) atoms. The molecule has 0 bridgehead atoms. The van der Waals surface area contributed by atoms with Crippen LogP contribution in [-0.4, -0.2) is 16.7 Å². The van der Waals surface area contributed by atoms with Crippen LogP contribution in [0.1, 0.15) is 22.9 Å². The van der Waals surface area contributed by atoms with E-state index in [0.29, 0.717) is 5.84 Å². The van der Waals surface area contributed by atoms with Gasteiger partial charge in [-0.1, -0.05) is 140 Å². The van der Waals surface area contributed by atoms with Crippen LogP contribution in [0.15, 0.2) is 184 Å². The zero-order valence-electron chi connectivity index (χ0n) is 27.5. The van der Waals surface area contributed by atoms with Gasteiger partial charge in [0.15, 0.2) is 5.84 Å². The minimum absolute atomic E-state index is 0.307. The molecule has 1 N–H and O–H groups in total. The van der Waals surface area contributed by atoms with Crippen molar-refractivity contribution < 1.29 is 4.42 Å². The minimum Gasteiger partial charge on any atom is -0.455 e. The SMILES string of the molecule is c1ccc(C2=NC(c3cccc(-c4ccc5oc6c(ccc7c(-c8ccccc8)nc8ccccc8c76)c5c4)c3)NC(c3ccccc3)=N2)cc1. The van der Waals surface area contributed by atoms with Crippen molar-refractivity contribution in [2.24, 2.45) is 9.98 Å². The Hall–Kier alpha value is -6.85. The number of fused-ring (bicyclic) bond motifs is 7. The molecule has 10 rings (SSSR count). The van der Waals surface area contributed by atoms with Crippen LogP contribution in [0.5, 0.6) is 0 Å². The largest absolute Gasteiger partial charge is 0.455 e. The molecule has 0 fully saturated rings. The fraction of sp³-hybridized carbons (Fsp3) is 0.0217. The van der Waals surface area contributed by atoms with E-state index >= 15 is 0 Å². The van der Waals surface area contributed by atoms with Crippen molar-refractivity contribution in [3.8, 4) is 22.4 Å². The van der Waals surface area contributed by atoms with Crippen LogP contribution < -0.4 is 5.32 Å². The number of nitrogens with zero attached hydrogens (tertiary/aromatic N) is 3. The average molecular weight is 655 g/mol. The first kappa shape index (κ1) is 29.1. The molecule has 1 atom stereocenters. The van der Waals surface area contributed by atoms with Gasteiger partial charge in [-0.05, 0) is 47.0 Å². The third-order valence-corrected chi connectivity index (χ3v) is 9.70. The lowest BCUT2D eigenvalue weighted by Crippen LogP contribution is -2.33. The highest BCUT2D eigenvalue weighted by atomic mass is 16.3. The molecule has 5 heteroatoms. The number of hydrogen-bond acceptors (Lipinski definition) is 5. The number of amidine groups is 2. The Morgan fingerprint density at radius 2 is 1.16 bits per heavy atom. The van der Waals surface area contributed by atoms with Crippen LogP contribution in [0, 0.1) is 0 Å². The summed E-state index contributed by atoms with van der Waals surface area (Å²) >= 11 is 0. The van der Waals surface area contributed by atoms with Crippen molar-refractivity contribution in [2.75, 3.05) is 0 Å². The monoisotopic (exact) mass is 654 g/mol. The molecule has 0 radical (unpaired) electrons. The number of nitrogens with one attached hydrogen (secondary N) is 1. The van der Waals surface area contributed by atoms with E-state index in [9.17, 15) is 0 Å². The van der Waals surface area contributed by atoms with Crippen molar-refractivity contribution in [2.45, 2.75) is 6.17 Å². The highest BCUT2D eigenvalue weighted by molar-refractivity contribution is 6.25. The summed E-state index contributed by atoms with van der Waals surface area (Å²) in [5.41, 5.74) is 10.00. The molecule has 1 unspecified atom stereocenters. The lowest BCUT2D eigenvalue weighted by Gasteiger charge is -2.24. The van der Waals surface area contributed by atoms with E-state index in [2.05, 4.69) is 127 Å². The number of furan rings is 1. The molecule has 240 valence electrons. The number of aromatic nitrogens is 1. The number of para-hydroxylation sites is 1. The van der Waals surface area contributed by atoms with E-state index in [-0.39, 0.29) is 6.17 Å². The van der Waals surface area contributed by atoms with E-state index in [1.807, 2.05) is 48.5 Å². The summed E-state index contributed by atoms with van der Waals surface area (Å²) in [6.45, 7) is 0. The average Bonchev–Trinajstić information content (AvgIpc) is 3.59. The van der Waals surface area contributed by atoms with Gasteiger partial charge in [-0.25, -0.2) is 15.0 Å². The maximum absolute atomic E-state index is 6.71. The van der Waals surface area contributed by atoms with E-state index in [1.165, 1.54) is 0 Å². The lowest BCUT2D eigenvalue weighted by molar-refractivity contribution is 0.673. The van der Waals surface area contributed by atoms with E-state index in [4.69, 9.17) is 19.4 Å². The maximum atomic E-state index is 6.71. The van der Waals surface area contributed by atoms with Gasteiger partial charge in [-0.2, -0.15) is 0 Å². The number of benzene rings is 7. The standard InChI is InChI=1S/C46H30N4O/c1-4-13-29(14-5-1)42-37-25-24-35-38-28-33(23-26-40(38)51-43(35)41(37)36-21-10-11-22-39(36)47-42)32-19-12-20-34(27-32)46-49-44(30-15-6-2-7-16-30)48-45(50-46)31-17-8-3-9-18-31/h1-28,46H,(H,48,49,50). The van der Waals surface area contributed by atoms with Crippen LogP contribution in [0.2, 0.25) is 0 Å². The molecule has 0 saturated heterocycles. The Morgan fingerprint density at radius 1 is 0.490 bits per heavy atom. The fourth-order valence-corrected chi connectivity index (χ4v) is 7.23. The molecule has 9 aromatic rings. The predicted molar refractivity (Wildman–Crippen MR) is 209 cm³/mol. The topological polar surface area (TPSA) is 62.8 Å². The molecule has 0 saturated carbocycles. The molecule has 2 aromatic heterocycles. The molecule has 1 aliphatic rings. The fourth-order valence-electron chi connectivity index (χ4n) is 7.23. The second-order valence-electron chi connectivity index (χ2n) is 12.8. The van der Waals surface area contributed by atoms with Gasteiger partial charge in [-0.15, -0.1) is 0 Å². The van der Waals surface area contributed by atoms with Crippen molar-refractivity contribution in [3.63, 3.8) is 0 Å². The molecular weight excluding hydrogens is 625 g/mol. The van der Waals surface area contributed by atoms with Gasteiger partial charge in [-0.3, -0.25) is 0 Å². The third-order valence-electron chi connectivity index (χ3n) is 9.70. The minimum atomic E-state index is -0.307. The van der Waals surface area contributed by atoms with Gasteiger partial charge in [0.2, 0.25) is 0 Å². The first-order valence-corrected chi connectivity index (χ1v) is 17.1. The molecule has 0 spiro atoms. The van der Waals surface area contributed by atoms with Gasteiger partial charge in [0.1, 0.15) is 23.2 Å². The van der Waals surface area contributed by atoms with E-state index < -0.39 is 0 Å². The van der Waals surface area contributed by atoms with Crippen molar-refractivity contribution in [1.29, 1.82) is 0 Å². The van der Waals surface area contributed by atoms with Crippen molar-refractivity contribution in [3.05, 3.63) is 187 Å². The Kier molecular flexibility index (Phi) is 6.81. The Morgan fingerprint density at radius 3 is 1.96 bits per heavy atom. The van der Waals surface area contributed by atoms with Gasteiger partial charge in [0, 0.05) is 43.6 Å². The zero-order chi connectivity index (χ0) is 33.7. The summed E-state index contributed by atoms with van der Waals surface area (Å²) in [7, 11) is 0. The second kappa shape index (κ2) is 11.9. The summed E-state index contributed by atoms with van der Waals surface area (Å²) in [5, 5.41) is 9.01. The van der Waals surface area contributed by atoms with Crippen molar-refractivity contribution in [1.82, 2.24) is 10.3 Å². The first-order valence-electron chi connectivity index (χ1n) is 17.1. The Bertz CT molecular complexity index is 2820. The summed E-state index contributed by atoms with van der Waals surface area (Å²) in [5.74, 6) is 1.51. The number of hydrogen-bond donors (Lipinski definition) is 1. The smallest absolute Gasteiger partial charge is 0.159 e. The third kappa shape index (κ3) is 5.06. The normalized spacial score (nSPS) is 14.5. The number of aliphatic imine (C=N–C) groups is 2. The zero-order valence-corrected chi connectivity index (χ0v) is 27.5. The summed E-state index contributed by atoms with van der Waals surface area (Å²) in [6, 6.07) is 58.6. The Labute approximate surface area is 294 Å². The molecule has 7 aromatic carbocycles. The van der Waals surface area contributed by atoms with Gasteiger partial charge in [0.25, 0.3) is 0 Å². The van der Waals surface area contributed by atoms with Crippen LogP contribution >= 0.6 is 0 Å². The second-order valence-corrected chi connectivity index (χ2v) is 12.8. The number of pyridine rings is 1. The highest BCUT2D eigenvalue weighted by Crippen LogP contribution is 2.41. The van der Waals surface area contributed by atoms with Gasteiger partial charge < -0.3 is 9.73 Å². The molecule has 0 amide bonds. The van der Waals surface area contributed by atoms with Crippen LogP contribution in [-0.2, 0) is 0 Å². The Balaban J connectivity index is 1.09. The quantitative estimate of drug-likeness (QED) is 0.188. The van der Waals surface area contributed by atoms with Crippen molar-refractivity contribution >= 4 is 55.3 Å². The van der Waals surface area contributed by atoms with Crippen LogP contribution in [0.4, 0.5) is 0 Å². The van der Waals surface area contributed by atoms with Crippen LogP contribution in [0.3, 0.4) is 0 Å². The molecule has 3 heterocycles. The molecule has 0 aliphatic carbocycles. The van der Waals surface area contributed by atoms with E-state index in [0.717, 1.165) is 88.5 Å². The van der Waals surface area contributed by atoms with Gasteiger partial charge in [0.05, 0.1) is 11.2 Å². The van der Waals surface area contributed by atoms with E-state index in [1.54, 1.807) is 0 Å². The number of rotatable bonds is 5. The summed E-state index contributed by atoms with van der Waals surface area (Å²) in [4.78, 5) is 15.2. The molecule has 5 nitrogen and oxygen atoms in total. The molecule has 1 aliphatic heterocycles.